The van der Waals surface area contributed by atoms with Crippen LogP contribution in [0.3, 0.4) is 0 Å². The van der Waals surface area contributed by atoms with Gasteiger partial charge in [0.1, 0.15) is 0 Å². The number of hydrogen-bond donors (Lipinski definition) is 1. The van der Waals surface area contributed by atoms with Crippen LogP contribution in [0.15, 0.2) is 0 Å². The summed E-state index contributed by atoms with van der Waals surface area (Å²) in [6, 6.07) is 0. The zero-order valence-corrected chi connectivity index (χ0v) is 13.9. The second-order valence-corrected chi connectivity index (χ2v) is 8.19. The maximum Gasteiger partial charge on any atom is 0.268 e. The Bertz CT molecular complexity index is 441. The molecule has 0 heterocycles. The Kier molecular flexibility index (Phi) is 9.61. The summed E-state index contributed by atoms with van der Waals surface area (Å²) in [5.41, 5.74) is 0. The molecule has 1 atom stereocenters. The molecule has 0 aliphatic heterocycles. The molecule has 0 saturated heterocycles. The van der Waals surface area contributed by atoms with E-state index in [4.69, 9.17) is 8.74 Å². The summed E-state index contributed by atoms with van der Waals surface area (Å²) in [6.45, 7) is 4.07. The van der Waals surface area contributed by atoms with Crippen molar-refractivity contribution >= 4 is 20.2 Å². The van der Waals surface area contributed by atoms with Gasteiger partial charge in [0.2, 0.25) is 0 Å². The minimum absolute atomic E-state index is 0.395. The lowest BCUT2D eigenvalue weighted by atomic mass is 10.1. The van der Waals surface area contributed by atoms with E-state index >= 15 is 0 Å². The van der Waals surface area contributed by atoms with Crippen LogP contribution < -0.4 is 0 Å². The molecule has 0 aliphatic rings. The van der Waals surface area contributed by atoms with E-state index in [1.165, 1.54) is 0 Å². The van der Waals surface area contributed by atoms with Gasteiger partial charge in [-0.05, 0) is 12.8 Å². The Balaban J connectivity index is 4.43. The summed E-state index contributed by atoms with van der Waals surface area (Å²) in [5, 5.41) is 0. The van der Waals surface area contributed by atoms with E-state index in [9.17, 15) is 16.8 Å². The fraction of sp³-hybridized carbons (Fsp3) is 1.00. The minimum Gasteiger partial charge on any atom is -0.286 e. The van der Waals surface area contributed by atoms with Gasteiger partial charge in [-0.15, -0.1) is 0 Å². The Morgan fingerprint density at radius 1 is 0.900 bits per heavy atom. The lowest BCUT2D eigenvalue weighted by molar-refractivity contribution is 0.181. The first-order valence-electron chi connectivity index (χ1n) is 7.06. The molecule has 20 heavy (non-hydrogen) atoms. The lowest BCUT2D eigenvalue weighted by Crippen LogP contribution is -2.24. The molecule has 0 radical (unpaired) electrons. The summed E-state index contributed by atoms with van der Waals surface area (Å²) in [6.07, 6.45) is 5.65. The third-order valence-electron chi connectivity index (χ3n) is 2.88. The molecule has 6 nitrogen and oxygen atoms in total. The largest absolute Gasteiger partial charge is 0.286 e. The Morgan fingerprint density at radius 3 is 1.95 bits per heavy atom. The summed E-state index contributed by atoms with van der Waals surface area (Å²) < 4.78 is 58.2. The van der Waals surface area contributed by atoms with Crippen molar-refractivity contribution in [3.8, 4) is 0 Å². The highest BCUT2D eigenvalue weighted by Crippen LogP contribution is 2.16. The van der Waals surface area contributed by atoms with E-state index in [2.05, 4.69) is 6.92 Å². The molecular weight excluding hydrogens is 304 g/mol. The average Bonchev–Trinajstić information content (AvgIpc) is 2.33. The maximum atomic E-state index is 11.7. The summed E-state index contributed by atoms with van der Waals surface area (Å²) in [4.78, 5) is 0. The Morgan fingerprint density at radius 2 is 1.45 bits per heavy atom. The van der Waals surface area contributed by atoms with Gasteiger partial charge in [-0.3, -0.25) is 8.74 Å². The topological polar surface area (TPSA) is 97.7 Å². The van der Waals surface area contributed by atoms with Gasteiger partial charge >= 0.3 is 0 Å². The molecule has 0 saturated carbocycles. The van der Waals surface area contributed by atoms with Crippen molar-refractivity contribution in [2.45, 2.75) is 64.9 Å². The molecule has 0 amide bonds. The van der Waals surface area contributed by atoms with Crippen LogP contribution in [-0.2, 0) is 24.4 Å². The molecule has 0 aromatic rings. The molecule has 122 valence electrons. The zero-order valence-electron chi connectivity index (χ0n) is 12.2. The predicted octanol–water partition coefficient (Wildman–Crippen LogP) is 2.36. The Labute approximate surface area is 122 Å². The van der Waals surface area contributed by atoms with Crippen LogP contribution >= 0.6 is 0 Å². The van der Waals surface area contributed by atoms with Gasteiger partial charge < -0.3 is 0 Å². The SMILES string of the molecule is CCCCCC(CCCC)OS(=O)(=O)CCS(=O)(=O)O. The molecule has 0 fully saturated rings. The molecule has 0 spiro atoms. The van der Waals surface area contributed by atoms with Gasteiger partial charge in [0.15, 0.2) is 0 Å². The fourth-order valence-corrected chi connectivity index (χ4v) is 4.12. The molecular formula is C12H26O6S2. The maximum absolute atomic E-state index is 11.7. The first-order valence-corrected chi connectivity index (χ1v) is 10.2. The van der Waals surface area contributed by atoms with E-state index in [0.717, 1.165) is 32.1 Å². The monoisotopic (exact) mass is 330 g/mol. The second-order valence-electron chi connectivity index (χ2n) is 4.90. The van der Waals surface area contributed by atoms with Gasteiger partial charge in [-0.25, -0.2) is 0 Å². The van der Waals surface area contributed by atoms with Crippen molar-refractivity contribution < 1.29 is 25.6 Å². The third-order valence-corrected chi connectivity index (χ3v) is 5.13. The number of rotatable bonds is 12. The quantitative estimate of drug-likeness (QED) is 0.335. The van der Waals surface area contributed by atoms with Crippen molar-refractivity contribution in [2.75, 3.05) is 11.5 Å². The smallest absolute Gasteiger partial charge is 0.268 e. The fourth-order valence-electron chi connectivity index (χ4n) is 1.76. The zero-order chi connectivity index (χ0) is 15.6. The average molecular weight is 330 g/mol. The van der Waals surface area contributed by atoms with Crippen molar-refractivity contribution in [2.24, 2.45) is 0 Å². The summed E-state index contributed by atoms with van der Waals surface area (Å²) >= 11 is 0. The normalized spacial score (nSPS) is 14.3. The lowest BCUT2D eigenvalue weighted by Gasteiger charge is -2.17. The first kappa shape index (κ1) is 19.8. The van der Waals surface area contributed by atoms with Gasteiger partial charge in [0, 0.05) is 0 Å². The van der Waals surface area contributed by atoms with Crippen LogP contribution in [0.5, 0.6) is 0 Å². The summed E-state index contributed by atoms with van der Waals surface area (Å²) in [5.74, 6) is -1.53. The van der Waals surface area contributed by atoms with Crippen LogP contribution in [0.25, 0.3) is 0 Å². The van der Waals surface area contributed by atoms with Gasteiger partial charge in [-0.2, -0.15) is 16.8 Å². The highest BCUT2D eigenvalue weighted by atomic mass is 32.2. The minimum atomic E-state index is -4.29. The van der Waals surface area contributed by atoms with E-state index in [1.54, 1.807) is 0 Å². The molecule has 1 unspecified atom stereocenters. The first-order chi connectivity index (χ1) is 9.20. The molecule has 0 aromatic carbocycles. The molecule has 8 heteroatoms. The van der Waals surface area contributed by atoms with Crippen LogP contribution in [0, 0.1) is 0 Å². The van der Waals surface area contributed by atoms with Gasteiger partial charge in [0.05, 0.1) is 17.6 Å². The van der Waals surface area contributed by atoms with Crippen LogP contribution in [-0.4, -0.2) is 39.0 Å². The van der Waals surface area contributed by atoms with Crippen molar-refractivity contribution in [1.82, 2.24) is 0 Å². The predicted molar refractivity (Wildman–Crippen MR) is 78.7 cm³/mol. The number of hydrogen-bond acceptors (Lipinski definition) is 5. The van der Waals surface area contributed by atoms with E-state index < -0.39 is 37.8 Å². The standard InChI is InChI=1S/C12H26O6S2/c1-3-5-7-9-12(8-6-4-2)18-20(16,17)11-10-19(13,14)15/h12H,3-11H2,1-2H3,(H,13,14,15). The van der Waals surface area contributed by atoms with Crippen molar-refractivity contribution in [1.29, 1.82) is 0 Å². The van der Waals surface area contributed by atoms with E-state index in [1.807, 2.05) is 6.92 Å². The van der Waals surface area contributed by atoms with Crippen LogP contribution in [0.4, 0.5) is 0 Å². The van der Waals surface area contributed by atoms with Gasteiger partial charge in [0.25, 0.3) is 20.2 Å². The highest BCUT2D eigenvalue weighted by molar-refractivity contribution is 7.90. The summed E-state index contributed by atoms with van der Waals surface area (Å²) in [7, 11) is -8.21. The van der Waals surface area contributed by atoms with Gasteiger partial charge in [-0.1, -0.05) is 46.0 Å². The Hall–Kier alpha value is -0.180. The molecule has 0 aromatic heterocycles. The third kappa shape index (κ3) is 11.6. The molecule has 1 N–H and O–H groups in total. The van der Waals surface area contributed by atoms with E-state index in [0.29, 0.717) is 12.8 Å². The number of unbranched alkanes of at least 4 members (excludes halogenated alkanes) is 3. The highest BCUT2D eigenvalue weighted by Gasteiger charge is 2.21. The van der Waals surface area contributed by atoms with E-state index in [-0.39, 0.29) is 0 Å². The second kappa shape index (κ2) is 9.70. The van der Waals surface area contributed by atoms with Crippen LogP contribution in [0.1, 0.15) is 58.8 Å². The molecule has 0 rings (SSSR count). The van der Waals surface area contributed by atoms with Crippen LogP contribution in [0.2, 0.25) is 0 Å². The van der Waals surface area contributed by atoms with Crippen molar-refractivity contribution in [3.05, 3.63) is 0 Å². The molecule has 0 aliphatic carbocycles. The molecule has 0 bridgehead atoms. The van der Waals surface area contributed by atoms with Crippen molar-refractivity contribution in [3.63, 3.8) is 0 Å².